The number of carboxylic acid groups (broad SMARTS) is 1. The van der Waals surface area contributed by atoms with E-state index in [1.54, 1.807) is 30.4 Å². The highest BCUT2D eigenvalue weighted by Gasteiger charge is 2.19. The molecule has 6 nitrogen and oxygen atoms in total. The van der Waals surface area contributed by atoms with E-state index in [0.717, 1.165) is 0 Å². The molecule has 20 heavy (non-hydrogen) atoms. The first-order valence-electron chi connectivity index (χ1n) is 6.29. The first-order chi connectivity index (χ1) is 9.43. The normalized spacial score (nSPS) is 12.8. The molecule has 0 aliphatic heterocycles. The summed E-state index contributed by atoms with van der Waals surface area (Å²) in [6, 6.07) is 5.76. The van der Waals surface area contributed by atoms with Gasteiger partial charge in [0.25, 0.3) is 5.69 Å². The Morgan fingerprint density at radius 3 is 2.65 bits per heavy atom. The maximum atomic E-state index is 11.0. The van der Waals surface area contributed by atoms with Crippen LogP contribution < -0.4 is 5.32 Å². The molecular formula is C14H18N2O4. The molecule has 0 aromatic heterocycles. The quantitative estimate of drug-likeness (QED) is 0.589. The second kappa shape index (κ2) is 7.40. The van der Waals surface area contributed by atoms with Gasteiger partial charge in [0, 0.05) is 12.6 Å². The highest BCUT2D eigenvalue weighted by atomic mass is 16.6. The van der Waals surface area contributed by atoms with Gasteiger partial charge in [0.2, 0.25) is 0 Å². The topological polar surface area (TPSA) is 92.5 Å². The second-order valence-electron chi connectivity index (χ2n) is 4.69. The van der Waals surface area contributed by atoms with Crippen LogP contribution in [-0.2, 0) is 4.79 Å². The molecule has 0 unspecified atom stereocenters. The number of hydrogen-bond acceptors (Lipinski definition) is 4. The first kappa shape index (κ1) is 15.8. The van der Waals surface area contributed by atoms with Crippen molar-refractivity contribution in [2.24, 2.45) is 5.92 Å². The minimum absolute atomic E-state index is 0.0300. The number of nitrogens with zero attached hydrogens (tertiary/aromatic N) is 1. The number of para-hydroxylation sites is 1. The summed E-state index contributed by atoms with van der Waals surface area (Å²) in [4.78, 5) is 21.3. The largest absolute Gasteiger partial charge is 0.480 e. The van der Waals surface area contributed by atoms with Crippen molar-refractivity contribution in [2.45, 2.75) is 19.9 Å². The number of rotatable bonds is 7. The Morgan fingerprint density at radius 1 is 1.45 bits per heavy atom. The molecule has 0 radical (unpaired) electrons. The van der Waals surface area contributed by atoms with Gasteiger partial charge in [-0.05, 0) is 12.0 Å². The zero-order chi connectivity index (χ0) is 15.1. The van der Waals surface area contributed by atoms with Gasteiger partial charge in [-0.1, -0.05) is 38.1 Å². The van der Waals surface area contributed by atoms with E-state index >= 15 is 0 Å². The Bertz CT molecular complexity index is 512. The van der Waals surface area contributed by atoms with Crippen LogP contribution in [0.15, 0.2) is 30.3 Å². The number of nitrogens with one attached hydrogen (secondary N) is 1. The van der Waals surface area contributed by atoms with E-state index in [0.29, 0.717) is 12.1 Å². The summed E-state index contributed by atoms with van der Waals surface area (Å²) in [6.45, 7) is 3.97. The Kier molecular flexibility index (Phi) is 5.86. The molecule has 1 aromatic carbocycles. The van der Waals surface area contributed by atoms with Gasteiger partial charge in [-0.15, -0.1) is 0 Å². The summed E-state index contributed by atoms with van der Waals surface area (Å²) in [5.74, 6) is -0.939. The summed E-state index contributed by atoms with van der Waals surface area (Å²) >= 11 is 0. The predicted molar refractivity (Wildman–Crippen MR) is 76.4 cm³/mol. The van der Waals surface area contributed by atoms with Gasteiger partial charge >= 0.3 is 5.97 Å². The van der Waals surface area contributed by atoms with Gasteiger partial charge in [0.1, 0.15) is 6.04 Å². The van der Waals surface area contributed by atoms with E-state index in [4.69, 9.17) is 5.11 Å². The fourth-order valence-corrected chi connectivity index (χ4v) is 1.78. The van der Waals surface area contributed by atoms with Gasteiger partial charge in [-0.25, -0.2) is 0 Å². The van der Waals surface area contributed by atoms with Crippen LogP contribution in [0.25, 0.3) is 6.08 Å². The molecule has 0 fully saturated rings. The zero-order valence-corrected chi connectivity index (χ0v) is 11.4. The Labute approximate surface area is 117 Å². The molecule has 1 atom stereocenters. The van der Waals surface area contributed by atoms with E-state index in [9.17, 15) is 14.9 Å². The van der Waals surface area contributed by atoms with E-state index < -0.39 is 16.9 Å². The maximum Gasteiger partial charge on any atom is 0.320 e. The molecule has 0 amide bonds. The Hall–Kier alpha value is -2.21. The molecule has 2 N–H and O–H groups in total. The average molecular weight is 278 g/mol. The summed E-state index contributed by atoms with van der Waals surface area (Å²) in [7, 11) is 0. The van der Waals surface area contributed by atoms with Crippen LogP contribution >= 0.6 is 0 Å². The van der Waals surface area contributed by atoms with Gasteiger partial charge in [0.05, 0.1) is 10.5 Å². The smallest absolute Gasteiger partial charge is 0.320 e. The molecule has 0 heterocycles. The number of hydrogen-bond donors (Lipinski definition) is 2. The SMILES string of the molecule is CC(C)[C@H](NC/C=C/c1ccccc1[N+](=O)[O-])C(=O)O. The predicted octanol–water partition coefficient (Wildman–Crippen LogP) is 2.31. The van der Waals surface area contributed by atoms with Crippen molar-refractivity contribution in [2.75, 3.05) is 6.54 Å². The minimum atomic E-state index is -0.904. The van der Waals surface area contributed by atoms with Crippen molar-refractivity contribution in [3.05, 3.63) is 46.0 Å². The van der Waals surface area contributed by atoms with E-state index in [-0.39, 0.29) is 11.6 Å². The van der Waals surface area contributed by atoms with Crippen molar-refractivity contribution in [1.82, 2.24) is 5.32 Å². The van der Waals surface area contributed by atoms with Crippen LogP contribution in [-0.4, -0.2) is 28.6 Å². The van der Waals surface area contributed by atoms with Crippen molar-refractivity contribution in [3.8, 4) is 0 Å². The van der Waals surface area contributed by atoms with Crippen LogP contribution in [0.3, 0.4) is 0 Å². The summed E-state index contributed by atoms with van der Waals surface area (Å²) in [5.41, 5.74) is 0.526. The lowest BCUT2D eigenvalue weighted by Gasteiger charge is -2.16. The third kappa shape index (κ3) is 4.47. The number of nitro benzene ring substituents is 1. The number of aliphatic carboxylic acids is 1. The van der Waals surface area contributed by atoms with Crippen molar-refractivity contribution < 1.29 is 14.8 Å². The van der Waals surface area contributed by atoms with Gasteiger partial charge in [0.15, 0.2) is 0 Å². The molecule has 6 heteroatoms. The molecule has 0 spiro atoms. The molecule has 0 saturated carbocycles. The monoisotopic (exact) mass is 278 g/mol. The summed E-state index contributed by atoms with van der Waals surface area (Å²) < 4.78 is 0. The summed E-state index contributed by atoms with van der Waals surface area (Å²) in [5, 5.41) is 22.7. The Morgan fingerprint density at radius 2 is 2.10 bits per heavy atom. The molecule has 1 aromatic rings. The standard InChI is InChI=1S/C14H18N2O4/c1-10(2)13(14(17)18)15-9-5-7-11-6-3-4-8-12(11)16(19)20/h3-8,10,13,15H,9H2,1-2H3,(H,17,18)/b7-5+/t13-/m0/s1. The molecule has 0 saturated heterocycles. The lowest BCUT2D eigenvalue weighted by molar-refractivity contribution is -0.385. The number of carboxylic acids is 1. The molecular weight excluding hydrogens is 260 g/mol. The third-order valence-corrected chi connectivity index (χ3v) is 2.82. The third-order valence-electron chi connectivity index (χ3n) is 2.82. The lowest BCUT2D eigenvalue weighted by Crippen LogP contribution is -2.40. The van der Waals surface area contributed by atoms with Crippen LogP contribution in [0.4, 0.5) is 5.69 Å². The second-order valence-corrected chi connectivity index (χ2v) is 4.69. The number of benzene rings is 1. The summed E-state index contributed by atoms with van der Waals surface area (Å²) in [6.07, 6.45) is 3.30. The lowest BCUT2D eigenvalue weighted by atomic mass is 10.0. The maximum absolute atomic E-state index is 11.0. The van der Waals surface area contributed by atoms with Gasteiger partial charge in [-0.2, -0.15) is 0 Å². The average Bonchev–Trinajstić information content (AvgIpc) is 2.37. The first-order valence-corrected chi connectivity index (χ1v) is 6.29. The van der Waals surface area contributed by atoms with Crippen LogP contribution in [0.5, 0.6) is 0 Å². The highest BCUT2D eigenvalue weighted by molar-refractivity contribution is 5.73. The zero-order valence-electron chi connectivity index (χ0n) is 11.4. The van der Waals surface area contributed by atoms with Gasteiger partial charge in [-0.3, -0.25) is 14.9 Å². The molecule has 108 valence electrons. The van der Waals surface area contributed by atoms with Crippen LogP contribution in [0, 0.1) is 16.0 Å². The van der Waals surface area contributed by atoms with Crippen LogP contribution in [0.1, 0.15) is 19.4 Å². The van der Waals surface area contributed by atoms with E-state index in [2.05, 4.69) is 5.32 Å². The minimum Gasteiger partial charge on any atom is -0.480 e. The van der Waals surface area contributed by atoms with Crippen LogP contribution in [0.2, 0.25) is 0 Å². The number of nitro groups is 1. The van der Waals surface area contributed by atoms with E-state index in [1.165, 1.54) is 6.07 Å². The molecule has 0 aliphatic carbocycles. The molecule has 1 rings (SSSR count). The van der Waals surface area contributed by atoms with Gasteiger partial charge < -0.3 is 10.4 Å². The number of carbonyl (C=O) groups is 1. The van der Waals surface area contributed by atoms with E-state index in [1.807, 2.05) is 13.8 Å². The molecule has 0 aliphatic rings. The Balaban J connectivity index is 2.66. The fourth-order valence-electron chi connectivity index (χ4n) is 1.78. The van der Waals surface area contributed by atoms with Crippen molar-refractivity contribution in [1.29, 1.82) is 0 Å². The molecule has 0 bridgehead atoms. The highest BCUT2D eigenvalue weighted by Crippen LogP contribution is 2.18. The van der Waals surface area contributed by atoms with Crippen molar-refractivity contribution in [3.63, 3.8) is 0 Å². The van der Waals surface area contributed by atoms with Crippen molar-refractivity contribution >= 4 is 17.7 Å². The fraction of sp³-hybridized carbons (Fsp3) is 0.357.